The van der Waals surface area contributed by atoms with Gasteiger partial charge in [0, 0.05) is 16.2 Å². The van der Waals surface area contributed by atoms with Crippen molar-refractivity contribution in [1.29, 1.82) is 0 Å². The standard InChI is InChI=1S/C49H40O/c1-32-18-10-11-19-35(32)28-33(2)37-21-8-6-7-9-22-38(40-24-14-13-23-39(37)40)34(3)42-30-44-41-25-15-17-27-47(41)50-48(44)31-43(42)46-29-36-20-12-16-26-45(36)49(46,4)5/h8-31H,1-3,6-7H2,4-5H3/b21-8?,22-9+,35-28-,39-37?,40-38+. The van der Waals surface area contributed by atoms with Crippen molar-refractivity contribution in [3.05, 3.63) is 195 Å². The van der Waals surface area contributed by atoms with Gasteiger partial charge in [-0.1, -0.05) is 149 Å². The minimum absolute atomic E-state index is 0.205. The van der Waals surface area contributed by atoms with Crippen molar-refractivity contribution in [3.63, 3.8) is 0 Å². The van der Waals surface area contributed by atoms with Gasteiger partial charge >= 0.3 is 0 Å². The first-order valence-corrected chi connectivity index (χ1v) is 17.4. The van der Waals surface area contributed by atoms with E-state index in [1.807, 2.05) is 24.3 Å². The van der Waals surface area contributed by atoms with E-state index in [4.69, 9.17) is 11.0 Å². The molecule has 0 amide bonds. The van der Waals surface area contributed by atoms with Crippen LogP contribution in [0.15, 0.2) is 157 Å². The minimum atomic E-state index is -0.205. The Bertz CT molecular complexity index is 2720. The minimum Gasteiger partial charge on any atom is -0.456 e. The summed E-state index contributed by atoms with van der Waals surface area (Å²) in [5.41, 5.74) is 11.8. The summed E-state index contributed by atoms with van der Waals surface area (Å²) in [6, 6.07) is 38.5. The quantitative estimate of drug-likeness (QED) is 0.182. The molecular weight excluding hydrogens is 605 g/mol. The van der Waals surface area contributed by atoms with Crippen LogP contribution in [0.4, 0.5) is 0 Å². The van der Waals surface area contributed by atoms with E-state index in [9.17, 15) is 0 Å². The lowest BCUT2D eigenvalue weighted by Gasteiger charge is -2.27. The molecule has 6 aromatic rings. The fourth-order valence-corrected chi connectivity index (χ4v) is 7.69. The summed E-state index contributed by atoms with van der Waals surface area (Å²) in [4.78, 5) is 0. The molecule has 0 saturated heterocycles. The number of hydrogen-bond donors (Lipinski definition) is 0. The number of furan rings is 1. The molecule has 0 aliphatic heterocycles. The van der Waals surface area contributed by atoms with Crippen molar-refractivity contribution in [2.24, 2.45) is 0 Å². The summed E-state index contributed by atoms with van der Waals surface area (Å²) >= 11 is 0. The average molecular weight is 645 g/mol. The predicted molar refractivity (Wildman–Crippen MR) is 215 cm³/mol. The number of rotatable bonds is 5. The fraction of sp³-hybridized carbons (Fsp3) is 0.102. The number of para-hydroxylation sites is 1. The smallest absolute Gasteiger partial charge is 0.136 e. The first-order valence-electron chi connectivity index (χ1n) is 17.4. The predicted octanol–water partition coefficient (Wildman–Crippen LogP) is 9.79. The lowest BCUT2D eigenvalue weighted by molar-refractivity contribution is 0.668. The Balaban J connectivity index is 1.42. The maximum atomic E-state index is 6.49. The van der Waals surface area contributed by atoms with Crippen molar-refractivity contribution in [1.82, 2.24) is 0 Å². The summed E-state index contributed by atoms with van der Waals surface area (Å²) in [6.45, 7) is 18.4. The average Bonchev–Trinajstić information content (AvgIpc) is 3.63. The van der Waals surface area contributed by atoms with Gasteiger partial charge in [0.05, 0.1) is 0 Å². The van der Waals surface area contributed by atoms with E-state index in [1.54, 1.807) is 0 Å². The number of fused-ring (bicyclic) bond motifs is 5. The van der Waals surface area contributed by atoms with E-state index < -0.39 is 0 Å². The molecule has 0 bridgehead atoms. The van der Waals surface area contributed by atoms with Crippen LogP contribution in [-0.4, -0.2) is 0 Å². The second kappa shape index (κ2) is 12.5. The van der Waals surface area contributed by atoms with Crippen molar-refractivity contribution in [2.45, 2.75) is 32.1 Å². The Hall–Kier alpha value is -5.92. The van der Waals surface area contributed by atoms with Crippen LogP contribution < -0.4 is 20.9 Å². The van der Waals surface area contributed by atoms with Crippen LogP contribution in [0.25, 0.3) is 63.0 Å². The van der Waals surface area contributed by atoms with Crippen molar-refractivity contribution in [3.8, 4) is 0 Å². The van der Waals surface area contributed by atoms with Gasteiger partial charge in [-0.15, -0.1) is 0 Å². The van der Waals surface area contributed by atoms with Gasteiger partial charge in [0.15, 0.2) is 0 Å². The molecule has 1 nitrogen and oxygen atoms in total. The van der Waals surface area contributed by atoms with Crippen molar-refractivity contribution < 1.29 is 4.42 Å². The number of hydrogen-bond acceptors (Lipinski definition) is 1. The molecule has 0 radical (unpaired) electrons. The Morgan fingerprint density at radius 3 is 2.14 bits per heavy atom. The molecule has 0 N–H and O–H groups in total. The van der Waals surface area contributed by atoms with Gasteiger partial charge in [-0.05, 0) is 114 Å². The van der Waals surface area contributed by atoms with Crippen LogP contribution >= 0.6 is 0 Å². The van der Waals surface area contributed by atoms with E-state index >= 15 is 0 Å². The van der Waals surface area contributed by atoms with Gasteiger partial charge < -0.3 is 4.42 Å². The first-order chi connectivity index (χ1) is 24.3. The lowest BCUT2D eigenvalue weighted by atomic mass is 9.76. The van der Waals surface area contributed by atoms with Gasteiger partial charge in [-0.3, -0.25) is 0 Å². The molecule has 5 aromatic carbocycles. The molecular formula is C49H40O. The Labute approximate surface area is 293 Å². The third-order valence-electron chi connectivity index (χ3n) is 10.4. The molecule has 1 heterocycles. The van der Waals surface area contributed by atoms with Gasteiger partial charge in [-0.2, -0.15) is 0 Å². The SMILES string of the molecule is C=C(/C=c1/ccccc1=C)C1=c2cccc/c2=C(C(=C)c2cc3c(cc2C2=Cc4ccccc4C2(C)C)oc2ccccc23)/C=C/CCC=C1. The molecule has 0 unspecified atom stereocenters. The van der Waals surface area contributed by atoms with Gasteiger partial charge in [-0.25, -0.2) is 0 Å². The second-order valence-electron chi connectivity index (χ2n) is 13.9. The monoisotopic (exact) mass is 644 g/mol. The molecule has 50 heavy (non-hydrogen) atoms. The second-order valence-corrected chi connectivity index (χ2v) is 13.9. The molecule has 0 saturated carbocycles. The molecule has 1 aromatic heterocycles. The normalized spacial score (nSPS) is 17.4. The van der Waals surface area contributed by atoms with E-state index in [1.165, 1.54) is 16.7 Å². The third-order valence-corrected chi connectivity index (χ3v) is 10.4. The summed E-state index contributed by atoms with van der Waals surface area (Å²) in [5.74, 6) is 0. The Morgan fingerprint density at radius 2 is 1.36 bits per heavy atom. The highest BCUT2D eigenvalue weighted by molar-refractivity contribution is 6.12. The number of benzene rings is 5. The third kappa shape index (κ3) is 5.36. The molecule has 2 aliphatic carbocycles. The molecule has 0 spiro atoms. The van der Waals surface area contributed by atoms with Crippen molar-refractivity contribution >= 4 is 63.0 Å². The molecule has 242 valence electrons. The summed E-state index contributed by atoms with van der Waals surface area (Å²) in [6.07, 6.45) is 15.4. The highest BCUT2D eigenvalue weighted by Crippen LogP contribution is 2.49. The van der Waals surface area contributed by atoms with Gasteiger partial charge in [0.1, 0.15) is 11.2 Å². The van der Waals surface area contributed by atoms with E-state index in [0.717, 1.165) is 89.1 Å². The number of allylic oxidation sites excluding steroid dienone is 7. The molecule has 2 aliphatic rings. The van der Waals surface area contributed by atoms with Gasteiger partial charge in [0.25, 0.3) is 0 Å². The Kier molecular flexibility index (Phi) is 7.85. The summed E-state index contributed by atoms with van der Waals surface area (Å²) in [5, 5.41) is 6.50. The largest absolute Gasteiger partial charge is 0.456 e. The van der Waals surface area contributed by atoms with Gasteiger partial charge in [0.2, 0.25) is 0 Å². The van der Waals surface area contributed by atoms with E-state index in [2.05, 4.69) is 148 Å². The van der Waals surface area contributed by atoms with Crippen LogP contribution in [0.1, 0.15) is 48.9 Å². The summed E-state index contributed by atoms with van der Waals surface area (Å²) < 4.78 is 6.49. The Morgan fingerprint density at radius 1 is 0.700 bits per heavy atom. The molecule has 0 fully saturated rings. The maximum absolute atomic E-state index is 6.49. The fourth-order valence-electron chi connectivity index (χ4n) is 7.69. The van der Waals surface area contributed by atoms with E-state index in [-0.39, 0.29) is 5.41 Å². The van der Waals surface area contributed by atoms with E-state index in [0.29, 0.717) is 0 Å². The zero-order chi connectivity index (χ0) is 34.4. The van der Waals surface area contributed by atoms with Crippen LogP contribution in [0.2, 0.25) is 0 Å². The topological polar surface area (TPSA) is 13.1 Å². The lowest BCUT2D eigenvalue weighted by Crippen LogP contribution is -2.30. The maximum Gasteiger partial charge on any atom is 0.136 e. The molecule has 1 heteroatoms. The first kappa shape index (κ1) is 31.4. The van der Waals surface area contributed by atoms with Crippen LogP contribution in [0, 0.1) is 0 Å². The molecule has 0 atom stereocenters. The van der Waals surface area contributed by atoms with Crippen LogP contribution in [-0.2, 0) is 5.41 Å². The zero-order valence-corrected chi connectivity index (χ0v) is 28.8. The highest BCUT2D eigenvalue weighted by Gasteiger charge is 2.35. The molecule has 8 rings (SSSR count). The highest BCUT2D eigenvalue weighted by atomic mass is 16.3. The van der Waals surface area contributed by atoms with Crippen LogP contribution in [0.5, 0.6) is 0 Å². The van der Waals surface area contributed by atoms with Crippen molar-refractivity contribution in [2.75, 3.05) is 0 Å². The van der Waals surface area contributed by atoms with Crippen LogP contribution in [0.3, 0.4) is 0 Å². The zero-order valence-electron chi connectivity index (χ0n) is 28.8. The summed E-state index contributed by atoms with van der Waals surface area (Å²) in [7, 11) is 0.